The Labute approximate surface area is 65.0 Å². The molecule has 0 amide bonds. The maximum atomic E-state index is 13.0. The highest BCUT2D eigenvalue weighted by Gasteiger charge is 2.12. The van der Waals surface area contributed by atoms with Gasteiger partial charge in [0.2, 0.25) is 0 Å². The van der Waals surface area contributed by atoms with Gasteiger partial charge in [0.05, 0.1) is 6.20 Å². The number of alkyl halides is 1. The highest BCUT2D eigenvalue weighted by atomic mass is 19.1. The van der Waals surface area contributed by atoms with Crippen LogP contribution in [0.15, 0.2) is 6.20 Å². The van der Waals surface area contributed by atoms with Crippen LogP contribution in [-0.2, 0) is 7.05 Å². The number of halogens is 1. The van der Waals surface area contributed by atoms with Gasteiger partial charge in [0.15, 0.2) is 0 Å². The number of nitrogens with two attached hydrogens (primary N) is 1. The average molecular weight is 157 g/mol. The van der Waals surface area contributed by atoms with Crippen molar-refractivity contribution in [3.8, 4) is 0 Å². The van der Waals surface area contributed by atoms with Gasteiger partial charge in [-0.25, -0.2) is 4.39 Å². The van der Waals surface area contributed by atoms with Crippen LogP contribution in [0.5, 0.6) is 0 Å². The van der Waals surface area contributed by atoms with Gasteiger partial charge in [-0.15, -0.1) is 0 Å². The third-order valence-corrected chi connectivity index (χ3v) is 1.82. The fourth-order valence-corrected chi connectivity index (χ4v) is 0.950. The molecule has 0 saturated carbocycles. The van der Waals surface area contributed by atoms with Crippen LogP contribution in [0.4, 0.5) is 4.39 Å². The summed E-state index contributed by atoms with van der Waals surface area (Å²) in [5, 5.41) is 3.91. The van der Waals surface area contributed by atoms with Crippen molar-refractivity contribution in [2.24, 2.45) is 12.8 Å². The Kier molecular flexibility index (Phi) is 2.24. The van der Waals surface area contributed by atoms with Crippen molar-refractivity contribution < 1.29 is 4.39 Å². The first kappa shape index (κ1) is 8.20. The Morgan fingerprint density at radius 3 is 2.82 bits per heavy atom. The van der Waals surface area contributed by atoms with Gasteiger partial charge in [-0.1, -0.05) is 0 Å². The topological polar surface area (TPSA) is 43.8 Å². The molecule has 1 aromatic rings. The monoisotopic (exact) mass is 157 g/mol. The van der Waals surface area contributed by atoms with Crippen LogP contribution in [0, 0.1) is 6.92 Å². The molecule has 3 nitrogen and oxygen atoms in total. The summed E-state index contributed by atoms with van der Waals surface area (Å²) in [4.78, 5) is 0. The van der Waals surface area contributed by atoms with Crippen LogP contribution in [0.2, 0.25) is 0 Å². The number of aromatic nitrogens is 2. The molecule has 1 unspecified atom stereocenters. The predicted molar refractivity (Wildman–Crippen MR) is 40.8 cm³/mol. The summed E-state index contributed by atoms with van der Waals surface area (Å²) < 4.78 is 14.6. The van der Waals surface area contributed by atoms with Crippen LogP contribution >= 0.6 is 0 Å². The molecule has 0 spiro atoms. The van der Waals surface area contributed by atoms with E-state index < -0.39 is 6.17 Å². The van der Waals surface area contributed by atoms with Crippen molar-refractivity contribution in [2.45, 2.75) is 13.1 Å². The van der Waals surface area contributed by atoms with Crippen LogP contribution in [0.25, 0.3) is 0 Å². The van der Waals surface area contributed by atoms with Crippen molar-refractivity contribution in [3.63, 3.8) is 0 Å². The van der Waals surface area contributed by atoms with Crippen LogP contribution in [0.1, 0.15) is 17.4 Å². The molecule has 0 aliphatic rings. The standard InChI is InChI=1S/C7H12FN3/c1-5-6(7(8)3-9)4-10-11(5)2/h4,7H,3,9H2,1-2H3. The average Bonchev–Trinajstić information content (AvgIpc) is 2.32. The minimum atomic E-state index is -1.08. The van der Waals surface area contributed by atoms with E-state index in [4.69, 9.17) is 5.73 Å². The minimum Gasteiger partial charge on any atom is -0.327 e. The van der Waals surface area contributed by atoms with Gasteiger partial charge < -0.3 is 5.73 Å². The fraction of sp³-hybridized carbons (Fsp3) is 0.571. The second kappa shape index (κ2) is 3.00. The van der Waals surface area contributed by atoms with E-state index in [1.54, 1.807) is 11.7 Å². The van der Waals surface area contributed by atoms with Gasteiger partial charge in [0.25, 0.3) is 0 Å². The number of aryl methyl sites for hydroxylation is 1. The van der Waals surface area contributed by atoms with Crippen LogP contribution in [0.3, 0.4) is 0 Å². The van der Waals surface area contributed by atoms with E-state index in [1.165, 1.54) is 6.20 Å². The smallest absolute Gasteiger partial charge is 0.141 e. The molecular weight excluding hydrogens is 145 g/mol. The van der Waals surface area contributed by atoms with Gasteiger partial charge in [0.1, 0.15) is 6.17 Å². The molecule has 1 atom stereocenters. The first-order valence-electron chi connectivity index (χ1n) is 3.49. The molecule has 0 saturated heterocycles. The van der Waals surface area contributed by atoms with E-state index >= 15 is 0 Å². The molecule has 62 valence electrons. The minimum absolute atomic E-state index is 0.0204. The van der Waals surface area contributed by atoms with Gasteiger partial charge in [-0.2, -0.15) is 5.10 Å². The lowest BCUT2D eigenvalue weighted by Crippen LogP contribution is -2.08. The van der Waals surface area contributed by atoms with E-state index in [0.29, 0.717) is 5.56 Å². The Hall–Kier alpha value is -0.900. The van der Waals surface area contributed by atoms with Crippen LogP contribution < -0.4 is 5.73 Å². The third kappa shape index (κ3) is 1.40. The van der Waals surface area contributed by atoms with Crippen molar-refractivity contribution in [1.82, 2.24) is 9.78 Å². The molecule has 0 radical (unpaired) electrons. The summed E-state index contributed by atoms with van der Waals surface area (Å²) in [5.74, 6) is 0. The zero-order valence-corrected chi connectivity index (χ0v) is 6.71. The van der Waals surface area contributed by atoms with Gasteiger partial charge >= 0.3 is 0 Å². The first-order chi connectivity index (χ1) is 5.16. The van der Waals surface area contributed by atoms with Crippen molar-refractivity contribution in [3.05, 3.63) is 17.5 Å². The highest BCUT2D eigenvalue weighted by Crippen LogP contribution is 2.18. The second-order valence-electron chi connectivity index (χ2n) is 2.51. The summed E-state index contributed by atoms with van der Waals surface area (Å²) in [7, 11) is 1.78. The van der Waals surface area contributed by atoms with E-state index in [9.17, 15) is 4.39 Å². The van der Waals surface area contributed by atoms with E-state index in [0.717, 1.165) is 5.69 Å². The molecular formula is C7H12FN3. The summed E-state index contributed by atoms with van der Waals surface area (Å²) in [6, 6.07) is 0. The molecule has 0 aromatic carbocycles. The van der Waals surface area contributed by atoms with Crippen molar-refractivity contribution in [2.75, 3.05) is 6.54 Å². The van der Waals surface area contributed by atoms with E-state index in [-0.39, 0.29) is 6.54 Å². The fourth-order valence-electron chi connectivity index (χ4n) is 0.950. The Bertz CT molecular complexity index is 244. The molecule has 1 rings (SSSR count). The second-order valence-corrected chi connectivity index (χ2v) is 2.51. The molecule has 1 aromatic heterocycles. The quantitative estimate of drug-likeness (QED) is 0.686. The van der Waals surface area contributed by atoms with Crippen molar-refractivity contribution in [1.29, 1.82) is 0 Å². The molecule has 2 N–H and O–H groups in total. The third-order valence-electron chi connectivity index (χ3n) is 1.82. The maximum Gasteiger partial charge on any atom is 0.141 e. The summed E-state index contributed by atoms with van der Waals surface area (Å²) in [6.07, 6.45) is 0.441. The Balaban J connectivity index is 2.94. The van der Waals surface area contributed by atoms with E-state index in [1.807, 2.05) is 6.92 Å². The van der Waals surface area contributed by atoms with E-state index in [2.05, 4.69) is 5.10 Å². The number of nitrogens with zero attached hydrogens (tertiary/aromatic N) is 2. The number of rotatable bonds is 2. The molecule has 0 fully saturated rings. The molecule has 1 heterocycles. The van der Waals surface area contributed by atoms with Gasteiger partial charge in [-0.05, 0) is 6.92 Å². The zero-order chi connectivity index (χ0) is 8.43. The maximum absolute atomic E-state index is 13.0. The molecule has 4 heteroatoms. The van der Waals surface area contributed by atoms with Gasteiger partial charge in [-0.3, -0.25) is 4.68 Å². The summed E-state index contributed by atoms with van der Waals surface area (Å²) in [6.45, 7) is 1.84. The molecule has 11 heavy (non-hydrogen) atoms. The Morgan fingerprint density at radius 1 is 1.82 bits per heavy atom. The molecule has 0 bridgehead atoms. The van der Waals surface area contributed by atoms with Crippen molar-refractivity contribution >= 4 is 0 Å². The number of hydrogen-bond acceptors (Lipinski definition) is 2. The normalized spacial score (nSPS) is 13.5. The zero-order valence-electron chi connectivity index (χ0n) is 6.71. The lowest BCUT2D eigenvalue weighted by atomic mass is 10.2. The molecule has 0 aliphatic carbocycles. The number of hydrogen-bond donors (Lipinski definition) is 1. The highest BCUT2D eigenvalue weighted by molar-refractivity contribution is 5.18. The molecule has 0 aliphatic heterocycles. The summed E-state index contributed by atoms with van der Waals surface area (Å²) >= 11 is 0. The predicted octanol–water partition coefficient (Wildman–Crippen LogP) is 0.698. The first-order valence-corrected chi connectivity index (χ1v) is 3.49. The largest absolute Gasteiger partial charge is 0.327 e. The lowest BCUT2D eigenvalue weighted by molar-refractivity contribution is 0.351. The lowest BCUT2D eigenvalue weighted by Gasteiger charge is -2.02. The van der Waals surface area contributed by atoms with Gasteiger partial charge in [0, 0.05) is 24.8 Å². The SMILES string of the molecule is Cc1c(C(F)CN)cnn1C. The summed E-state index contributed by atoms with van der Waals surface area (Å²) in [5.41, 5.74) is 6.60. The Morgan fingerprint density at radius 2 is 2.45 bits per heavy atom. The van der Waals surface area contributed by atoms with Crippen LogP contribution in [-0.4, -0.2) is 16.3 Å².